The van der Waals surface area contributed by atoms with Gasteiger partial charge in [0.05, 0.1) is 6.04 Å². The summed E-state index contributed by atoms with van der Waals surface area (Å²) in [5, 5.41) is 5.73. The number of rotatable bonds is 5. The van der Waals surface area contributed by atoms with Crippen LogP contribution in [0, 0.1) is 0 Å². The lowest BCUT2D eigenvalue weighted by molar-refractivity contribution is -0.148. The minimum Gasteiger partial charge on any atom is -0.356 e. The predicted octanol–water partition coefficient (Wildman–Crippen LogP) is 1.69. The second-order valence-corrected chi connectivity index (χ2v) is 7.22. The van der Waals surface area contributed by atoms with Crippen LogP contribution in [0.25, 0.3) is 0 Å². The molecule has 2 aliphatic heterocycles. The fourth-order valence-electron chi connectivity index (χ4n) is 3.70. The first-order valence-electron chi connectivity index (χ1n) is 9.75. The molecule has 4 rings (SSSR count). The molecule has 0 aliphatic carbocycles. The van der Waals surface area contributed by atoms with Gasteiger partial charge in [0.25, 0.3) is 5.91 Å². The van der Waals surface area contributed by atoms with E-state index in [1.54, 1.807) is 4.90 Å². The third-order valence-electron chi connectivity index (χ3n) is 5.22. The molecule has 29 heavy (non-hydrogen) atoms. The Morgan fingerprint density at radius 3 is 2.55 bits per heavy atom. The van der Waals surface area contributed by atoms with Crippen LogP contribution in [0.5, 0.6) is 0 Å². The van der Waals surface area contributed by atoms with Crippen molar-refractivity contribution in [3.63, 3.8) is 0 Å². The van der Waals surface area contributed by atoms with Crippen LogP contribution >= 0.6 is 0 Å². The Balaban J connectivity index is 1.39. The summed E-state index contributed by atoms with van der Waals surface area (Å²) in [6.45, 7) is 0.947. The maximum Gasteiger partial charge on any atom is 0.251 e. The lowest BCUT2D eigenvalue weighted by atomic mass is 9.99. The van der Waals surface area contributed by atoms with Crippen LogP contribution in [0.4, 0.5) is 5.69 Å². The molecule has 0 spiro atoms. The summed E-state index contributed by atoms with van der Waals surface area (Å²) < 4.78 is 5.54. The summed E-state index contributed by atoms with van der Waals surface area (Å²) >= 11 is 0. The third kappa shape index (κ3) is 4.30. The van der Waals surface area contributed by atoms with Gasteiger partial charge in [-0.15, -0.1) is 0 Å². The predicted molar refractivity (Wildman–Crippen MR) is 107 cm³/mol. The quantitative estimate of drug-likeness (QED) is 0.809. The van der Waals surface area contributed by atoms with E-state index >= 15 is 0 Å². The Morgan fingerprint density at radius 2 is 1.86 bits per heavy atom. The molecule has 0 bridgehead atoms. The van der Waals surface area contributed by atoms with Crippen LogP contribution in [0.15, 0.2) is 54.6 Å². The van der Waals surface area contributed by atoms with Crippen molar-refractivity contribution in [3.05, 3.63) is 65.7 Å². The highest BCUT2D eigenvalue weighted by molar-refractivity contribution is 5.95. The van der Waals surface area contributed by atoms with Gasteiger partial charge >= 0.3 is 0 Å². The Labute approximate surface area is 169 Å². The molecule has 7 nitrogen and oxygen atoms in total. The number of ether oxygens (including phenoxy) is 1. The van der Waals surface area contributed by atoms with Gasteiger partial charge in [0.1, 0.15) is 6.61 Å². The first kappa shape index (κ1) is 19.1. The van der Waals surface area contributed by atoms with E-state index in [0.29, 0.717) is 13.0 Å². The molecule has 3 amide bonds. The highest BCUT2D eigenvalue weighted by Gasteiger charge is 2.35. The molecule has 0 saturated carbocycles. The fraction of sp³-hybridized carbons (Fsp3) is 0.318. The molecule has 0 aromatic heterocycles. The first-order valence-corrected chi connectivity index (χ1v) is 9.75. The number of carbonyl (C=O) groups excluding carboxylic acids is 3. The van der Waals surface area contributed by atoms with E-state index in [2.05, 4.69) is 10.6 Å². The van der Waals surface area contributed by atoms with Crippen molar-refractivity contribution in [3.8, 4) is 0 Å². The molecule has 2 N–H and O–H groups in total. The van der Waals surface area contributed by atoms with Crippen molar-refractivity contribution in [1.82, 2.24) is 10.6 Å². The Bertz CT molecular complexity index is 898. The standard InChI is InChI=1S/C22H23N3O4/c26-18-14-29-21(20(24-18)16-5-2-1-3-6-16)22(28)23-13-15-8-10-17(11-9-15)25-12-4-7-19(25)27/h1-3,5-6,8-11,20-21H,4,7,12-14H2,(H,23,28)(H,24,26)/t20-,21+/m1/s1. The van der Waals surface area contributed by atoms with Gasteiger partial charge in [-0.1, -0.05) is 42.5 Å². The molecule has 150 valence electrons. The number of anilines is 1. The zero-order valence-corrected chi connectivity index (χ0v) is 16.0. The zero-order chi connectivity index (χ0) is 20.2. The van der Waals surface area contributed by atoms with Gasteiger partial charge in [0.2, 0.25) is 11.8 Å². The topological polar surface area (TPSA) is 87.7 Å². The average Bonchev–Trinajstić information content (AvgIpc) is 3.19. The van der Waals surface area contributed by atoms with Crippen molar-refractivity contribution in [1.29, 1.82) is 0 Å². The number of hydrogen-bond donors (Lipinski definition) is 2. The maximum absolute atomic E-state index is 12.7. The van der Waals surface area contributed by atoms with E-state index in [1.807, 2.05) is 54.6 Å². The third-order valence-corrected chi connectivity index (χ3v) is 5.22. The number of carbonyl (C=O) groups is 3. The van der Waals surface area contributed by atoms with Gasteiger partial charge in [0, 0.05) is 25.2 Å². The second-order valence-electron chi connectivity index (χ2n) is 7.22. The summed E-state index contributed by atoms with van der Waals surface area (Å²) in [6, 6.07) is 16.4. The Hall–Kier alpha value is -3.19. The van der Waals surface area contributed by atoms with Gasteiger partial charge in [-0.05, 0) is 29.7 Å². The summed E-state index contributed by atoms with van der Waals surface area (Å²) in [6.07, 6.45) is 0.687. The minimum absolute atomic E-state index is 0.139. The van der Waals surface area contributed by atoms with Gasteiger partial charge in [-0.3, -0.25) is 14.4 Å². The summed E-state index contributed by atoms with van der Waals surface area (Å²) in [4.78, 5) is 38.1. The van der Waals surface area contributed by atoms with Gasteiger partial charge in [-0.2, -0.15) is 0 Å². The number of nitrogens with one attached hydrogen (secondary N) is 2. The largest absolute Gasteiger partial charge is 0.356 e. The van der Waals surface area contributed by atoms with Crippen LogP contribution in [0.3, 0.4) is 0 Å². The molecular formula is C22H23N3O4. The molecule has 2 aliphatic rings. The van der Waals surface area contributed by atoms with E-state index in [9.17, 15) is 14.4 Å². The highest BCUT2D eigenvalue weighted by Crippen LogP contribution is 2.23. The SMILES string of the molecule is O=C1CO[C@H](C(=O)NCc2ccc(N3CCCC3=O)cc2)[C@@H](c2ccccc2)N1. The lowest BCUT2D eigenvalue weighted by Crippen LogP contribution is -2.52. The number of nitrogens with zero attached hydrogens (tertiary/aromatic N) is 1. The number of amides is 3. The van der Waals surface area contributed by atoms with Crippen LogP contribution in [0.1, 0.15) is 30.0 Å². The van der Waals surface area contributed by atoms with Gasteiger partial charge in [0.15, 0.2) is 6.10 Å². The molecule has 0 radical (unpaired) electrons. The van der Waals surface area contributed by atoms with Crippen LogP contribution in [-0.4, -0.2) is 37.0 Å². The number of benzene rings is 2. The van der Waals surface area contributed by atoms with Crippen molar-refractivity contribution in [2.24, 2.45) is 0 Å². The van der Waals surface area contributed by atoms with Crippen molar-refractivity contribution < 1.29 is 19.1 Å². The smallest absolute Gasteiger partial charge is 0.251 e. The number of morpholine rings is 1. The Kier molecular flexibility index (Phi) is 5.57. The van der Waals surface area contributed by atoms with Crippen molar-refractivity contribution >= 4 is 23.4 Å². The molecule has 7 heteroatoms. The molecule has 2 aromatic carbocycles. The van der Waals surface area contributed by atoms with Gasteiger partial charge < -0.3 is 20.3 Å². The molecule has 2 atom stereocenters. The fourth-order valence-corrected chi connectivity index (χ4v) is 3.70. The minimum atomic E-state index is -0.795. The van der Waals surface area contributed by atoms with E-state index in [0.717, 1.165) is 29.8 Å². The van der Waals surface area contributed by atoms with E-state index < -0.39 is 12.1 Å². The first-order chi connectivity index (χ1) is 14.1. The molecule has 2 fully saturated rings. The van der Waals surface area contributed by atoms with Crippen LogP contribution in [-0.2, 0) is 25.7 Å². The highest BCUT2D eigenvalue weighted by atomic mass is 16.5. The molecule has 2 saturated heterocycles. The number of hydrogen-bond acceptors (Lipinski definition) is 4. The van der Waals surface area contributed by atoms with Crippen LogP contribution < -0.4 is 15.5 Å². The molecular weight excluding hydrogens is 370 g/mol. The molecule has 0 unspecified atom stereocenters. The normalized spacial score (nSPS) is 21.7. The molecule has 2 heterocycles. The van der Waals surface area contributed by atoms with Crippen LogP contribution in [0.2, 0.25) is 0 Å². The van der Waals surface area contributed by atoms with Crippen molar-refractivity contribution in [2.75, 3.05) is 18.1 Å². The second kappa shape index (κ2) is 8.45. The summed E-state index contributed by atoms with van der Waals surface area (Å²) in [5.74, 6) is -0.373. The van der Waals surface area contributed by atoms with E-state index in [-0.39, 0.29) is 24.3 Å². The maximum atomic E-state index is 12.7. The van der Waals surface area contributed by atoms with E-state index in [4.69, 9.17) is 4.74 Å². The van der Waals surface area contributed by atoms with Gasteiger partial charge in [-0.25, -0.2) is 0 Å². The summed E-state index contributed by atoms with van der Waals surface area (Å²) in [7, 11) is 0. The zero-order valence-electron chi connectivity index (χ0n) is 16.0. The average molecular weight is 393 g/mol. The molecule has 2 aromatic rings. The van der Waals surface area contributed by atoms with E-state index in [1.165, 1.54) is 0 Å². The van der Waals surface area contributed by atoms with Crippen molar-refractivity contribution in [2.45, 2.75) is 31.5 Å². The summed E-state index contributed by atoms with van der Waals surface area (Å²) in [5.41, 5.74) is 2.62. The monoisotopic (exact) mass is 393 g/mol. The Morgan fingerprint density at radius 1 is 1.10 bits per heavy atom. The lowest BCUT2D eigenvalue weighted by Gasteiger charge is -2.31.